The molecule has 6 nitrogen and oxygen atoms in total. The molecule has 1 aromatic rings. The van der Waals surface area contributed by atoms with Gasteiger partial charge < -0.3 is 19.0 Å². The molecular weight excluding hydrogens is 309 g/mol. The second-order valence-electron chi connectivity index (χ2n) is 6.62. The molecule has 1 heterocycles. The zero-order chi connectivity index (χ0) is 17.6. The first-order valence-electron chi connectivity index (χ1n) is 7.80. The van der Waals surface area contributed by atoms with Crippen LogP contribution in [0.5, 0.6) is 11.9 Å². The van der Waals surface area contributed by atoms with Crippen LogP contribution in [0.1, 0.15) is 18.9 Å². The number of nitrogens with zero attached hydrogens (tertiary/aromatic N) is 3. The molecule has 0 aliphatic rings. The molecule has 23 heavy (non-hydrogen) atoms. The van der Waals surface area contributed by atoms with Crippen molar-refractivity contribution in [2.45, 2.75) is 45.9 Å². The first kappa shape index (κ1) is 19.7. The molecule has 0 aromatic carbocycles. The molecule has 0 saturated heterocycles. The van der Waals surface area contributed by atoms with Gasteiger partial charge in [-0.1, -0.05) is 19.1 Å². The van der Waals surface area contributed by atoms with Gasteiger partial charge in [0.2, 0.25) is 14.2 Å². The lowest BCUT2D eigenvalue weighted by molar-refractivity contribution is 0.348. The van der Waals surface area contributed by atoms with Gasteiger partial charge in [-0.05, 0) is 39.9 Å². The zero-order valence-electron chi connectivity index (χ0n) is 15.2. The van der Waals surface area contributed by atoms with Crippen molar-refractivity contribution in [1.82, 2.24) is 14.8 Å². The average Bonchev–Trinajstić information content (AvgIpc) is 2.45. The molecule has 1 N–H and O–H groups in total. The number of aromatic nitrogens is 2. The van der Waals surface area contributed by atoms with Gasteiger partial charge >= 0.3 is 13.1 Å². The van der Waals surface area contributed by atoms with Crippen LogP contribution in [0.25, 0.3) is 6.08 Å². The van der Waals surface area contributed by atoms with Crippen LogP contribution in [0.4, 0.5) is 0 Å². The minimum Gasteiger partial charge on any atom is -0.518 e. The van der Waals surface area contributed by atoms with Gasteiger partial charge in [0.1, 0.15) is 0 Å². The van der Waals surface area contributed by atoms with Crippen LogP contribution >= 0.6 is 0 Å². The lowest BCUT2D eigenvalue weighted by Gasteiger charge is -2.24. The molecule has 0 aliphatic carbocycles. The Bertz CT molecular complexity index is 535. The van der Waals surface area contributed by atoms with Crippen LogP contribution in [0.15, 0.2) is 12.3 Å². The van der Waals surface area contributed by atoms with E-state index in [0.29, 0.717) is 11.9 Å². The number of hydrogen-bond acceptors (Lipinski definition) is 6. The van der Waals surface area contributed by atoms with Crippen molar-refractivity contribution in [1.29, 1.82) is 0 Å². The first-order valence-corrected chi connectivity index (χ1v) is 11.2. The van der Waals surface area contributed by atoms with Crippen molar-refractivity contribution in [3.05, 3.63) is 17.8 Å². The summed E-state index contributed by atoms with van der Waals surface area (Å²) < 4.78 is 11.1. The molecule has 0 radical (unpaired) electrons. The normalized spacial score (nSPS) is 13.4. The predicted molar refractivity (Wildman–Crippen MR) is 97.3 cm³/mol. The smallest absolute Gasteiger partial charge is 0.376 e. The third kappa shape index (κ3) is 6.72. The van der Waals surface area contributed by atoms with Crippen LogP contribution in [-0.2, 0) is 0 Å². The summed E-state index contributed by atoms with van der Waals surface area (Å²) in [5, 5.41) is 9.56. The summed E-state index contributed by atoms with van der Waals surface area (Å²) in [5.74, 6) is 0.501. The van der Waals surface area contributed by atoms with Gasteiger partial charge in [0.15, 0.2) is 0 Å². The topological polar surface area (TPSA) is 67.7 Å². The van der Waals surface area contributed by atoms with Crippen LogP contribution in [-0.4, -0.2) is 55.4 Å². The number of rotatable bonds is 8. The fraction of sp³-hybridized carbons (Fsp3) is 0.600. The molecule has 1 atom stereocenters. The molecule has 0 saturated carbocycles. The zero-order valence-corrected chi connectivity index (χ0v) is 16.2. The molecule has 1 rings (SSSR count). The Labute approximate surface area is 140 Å². The molecule has 0 spiro atoms. The minimum atomic E-state index is -1.74. The Morgan fingerprint density at radius 2 is 2.09 bits per heavy atom. The maximum absolute atomic E-state index is 9.56. The van der Waals surface area contributed by atoms with E-state index in [2.05, 4.69) is 36.5 Å². The molecule has 128 valence electrons. The van der Waals surface area contributed by atoms with E-state index in [1.807, 2.05) is 24.0 Å². The van der Waals surface area contributed by atoms with E-state index in [-0.39, 0.29) is 6.04 Å². The van der Waals surface area contributed by atoms with Crippen molar-refractivity contribution >= 4 is 21.4 Å². The van der Waals surface area contributed by atoms with E-state index >= 15 is 0 Å². The highest BCUT2D eigenvalue weighted by Gasteiger charge is 2.19. The predicted octanol–water partition coefficient (Wildman–Crippen LogP) is 2.53. The standard InChI is InChI=1S/C15H28BN3O3Si/c1-12(19(3)16(2)20)9-8-10-13-11-17-15(18-14(13)21-4)22-23(5,6)7/h8,10-12,20H,9H2,1-7H3/t12-/m0/s1. The van der Waals surface area contributed by atoms with Crippen molar-refractivity contribution < 1.29 is 14.2 Å². The third-order valence-corrected chi connectivity index (χ3v) is 4.20. The van der Waals surface area contributed by atoms with E-state index in [1.54, 1.807) is 20.1 Å². The molecule has 0 amide bonds. The van der Waals surface area contributed by atoms with Crippen molar-refractivity contribution in [3.63, 3.8) is 0 Å². The summed E-state index contributed by atoms with van der Waals surface area (Å²) in [4.78, 5) is 10.5. The third-order valence-electron chi connectivity index (χ3n) is 3.41. The Morgan fingerprint density at radius 1 is 1.43 bits per heavy atom. The van der Waals surface area contributed by atoms with Crippen molar-refractivity contribution in [3.8, 4) is 11.9 Å². The molecule has 1 aromatic heterocycles. The lowest BCUT2D eigenvalue weighted by Crippen LogP contribution is -2.39. The molecule has 0 aliphatic heterocycles. The molecule has 0 bridgehead atoms. The van der Waals surface area contributed by atoms with Crippen LogP contribution in [0.2, 0.25) is 26.5 Å². The van der Waals surface area contributed by atoms with Gasteiger partial charge in [-0.25, -0.2) is 4.98 Å². The quantitative estimate of drug-likeness (QED) is 0.735. The minimum absolute atomic E-state index is 0.229. The number of ether oxygens (including phenoxy) is 1. The highest BCUT2D eigenvalue weighted by Crippen LogP contribution is 2.21. The van der Waals surface area contributed by atoms with Gasteiger partial charge in [-0.3, -0.25) is 0 Å². The van der Waals surface area contributed by atoms with Crippen LogP contribution < -0.4 is 9.16 Å². The first-order chi connectivity index (χ1) is 10.6. The van der Waals surface area contributed by atoms with Gasteiger partial charge in [0, 0.05) is 12.2 Å². The van der Waals surface area contributed by atoms with E-state index in [4.69, 9.17) is 9.16 Å². The highest BCUT2D eigenvalue weighted by molar-refractivity contribution is 6.70. The summed E-state index contributed by atoms with van der Waals surface area (Å²) in [7, 11) is 1.28. The van der Waals surface area contributed by atoms with E-state index in [0.717, 1.165) is 12.0 Å². The second kappa shape index (κ2) is 8.47. The summed E-state index contributed by atoms with van der Waals surface area (Å²) >= 11 is 0. The maximum atomic E-state index is 9.56. The highest BCUT2D eigenvalue weighted by atomic mass is 28.4. The molecular formula is C15H28BN3O3Si. The van der Waals surface area contributed by atoms with Crippen LogP contribution in [0.3, 0.4) is 0 Å². The monoisotopic (exact) mass is 337 g/mol. The van der Waals surface area contributed by atoms with E-state index in [9.17, 15) is 5.02 Å². The summed E-state index contributed by atoms with van der Waals surface area (Å²) in [6, 6.07) is 0.591. The Hall–Kier alpha value is -1.38. The van der Waals surface area contributed by atoms with Gasteiger partial charge in [0.25, 0.3) is 0 Å². The Morgan fingerprint density at radius 3 is 2.61 bits per heavy atom. The Balaban J connectivity index is 2.78. The molecule has 8 heteroatoms. The second-order valence-corrected chi connectivity index (χ2v) is 11.0. The summed E-state index contributed by atoms with van der Waals surface area (Å²) in [6.07, 6.45) is 6.48. The maximum Gasteiger partial charge on any atom is 0.376 e. The fourth-order valence-corrected chi connectivity index (χ4v) is 2.53. The van der Waals surface area contributed by atoms with Gasteiger partial charge in [-0.15, -0.1) is 0 Å². The fourth-order valence-electron chi connectivity index (χ4n) is 1.89. The van der Waals surface area contributed by atoms with E-state index in [1.165, 1.54) is 0 Å². The largest absolute Gasteiger partial charge is 0.518 e. The SMILES string of the molecule is COc1nc(O[Si](C)(C)C)ncc1C=CC[C@H](C)N(C)B(C)O. The number of methoxy groups -OCH3 is 1. The summed E-state index contributed by atoms with van der Waals surface area (Å²) in [6.45, 7) is 10.1. The van der Waals surface area contributed by atoms with Crippen molar-refractivity contribution in [2.75, 3.05) is 14.2 Å². The summed E-state index contributed by atoms with van der Waals surface area (Å²) in [5.41, 5.74) is 0.808. The lowest BCUT2D eigenvalue weighted by atomic mass is 9.83. The van der Waals surface area contributed by atoms with E-state index < -0.39 is 15.4 Å². The van der Waals surface area contributed by atoms with Crippen LogP contribution in [0, 0.1) is 0 Å². The van der Waals surface area contributed by atoms with Gasteiger partial charge in [-0.2, -0.15) is 4.98 Å². The van der Waals surface area contributed by atoms with Gasteiger partial charge in [0.05, 0.1) is 12.7 Å². The van der Waals surface area contributed by atoms with Crippen molar-refractivity contribution in [2.24, 2.45) is 0 Å². The molecule has 0 fully saturated rings. The Kier molecular flexibility index (Phi) is 7.24. The average molecular weight is 337 g/mol. The molecule has 0 unspecified atom stereocenters. The number of hydrogen-bond donors (Lipinski definition) is 1.